The number of hydrogen-bond acceptors (Lipinski definition) is 5. The van der Waals surface area contributed by atoms with E-state index in [1.807, 2.05) is 0 Å². The first-order valence-electron chi connectivity index (χ1n) is 4.31. The summed E-state index contributed by atoms with van der Waals surface area (Å²) in [5, 5.41) is 7.08. The molecule has 0 bridgehead atoms. The molecule has 0 aliphatic carbocycles. The Morgan fingerprint density at radius 2 is 2.54 bits per heavy atom. The molecule has 0 aromatic carbocycles. The molecule has 0 radical (unpaired) electrons. The van der Waals surface area contributed by atoms with Crippen LogP contribution in [-0.4, -0.2) is 37.2 Å². The molecule has 13 heavy (non-hydrogen) atoms. The van der Waals surface area contributed by atoms with Gasteiger partial charge in [-0.05, 0) is 0 Å². The van der Waals surface area contributed by atoms with Crippen molar-refractivity contribution < 1.29 is 19.4 Å². The van der Waals surface area contributed by atoms with Crippen LogP contribution in [0.3, 0.4) is 0 Å². The molecule has 1 saturated heterocycles. The van der Waals surface area contributed by atoms with Gasteiger partial charge in [0, 0.05) is 19.0 Å². The second-order valence-corrected chi connectivity index (χ2v) is 2.76. The number of carbonyl (C=O) groups is 2. The Kier molecular flexibility index (Phi) is 2.68. The van der Waals surface area contributed by atoms with Crippen molar-refractivity contribution >= 4 is 11.9 Å². The fourth-order valence-corrected chi connectivity index (χ4v) is 1.09. The van der Waals surface area contributed by atoms with Gasteiger partial charge in [-0.2, -0.15) is 0 Å². The van der Waals surface area contributed by atoms with Crippen molar-refractivity contribution in [2.24, 2.45) is 0 Å². The lowest BCUT2D eigenvalue weighted by molar-refractivity contribution is -0.157. The maximum Gasteiger partial charge on any atom is 0.337 e. The highest BCUT2D eigenvalue weighted by atomic mass is 16.6. The molecule has 0 spiro atoms. The normalized spacial score (nSPS) is 27.8. The summed E-state index contributed by atoms with van der Waals surface area (Å²) >= 11 is 0. The van der Waals surface area contributed by atoms with E-state index in [-0.39, 0.29) is 6.10 Å². The summed E-state index contributed by atoms with van der Waals surface area (Å²) in [5.74, 6) is -1.43. The van der Waals surface area contributed by atoms with Gasteiger partial charge in [-0.1, -0.05) is 6.58 Å². The first-order chi connectivity index (χ1) is 6.67. The summed E-state index contributed by atoms with van der Waals surface area (Å²) in [6.45, 7) is 3.58. The smallest absolute Gasteiger partial charge is 0.337 e. The molecule has 0 unspecified atom stereocenters. The molecular weight excluding hydrogens is 174 g/mol. The van der Waals surface area contributed by atoms with Crippen LogP contribution in [0, 0.1) is 0 Å². The lowest BCUT2D eigenvalue weighted by Gasteiger charge is -2.06. The molecule has 0 amide bonds. The second kappa shape index (κ2) is 4.15. The fourth-order valence-electron chi connectivity index (χ4n) is 1.09. The molecule has 1 fully saturated rings. The maximum atomic E-state index is 11.2. The van der Waals surface area contributed by atoms with E-state index in [4.69, 9.17) is 1.43 Å². The van der Waals surface area contributed by atoms with Crippen molar-refractivity contribution in [1.82, 2.24) is 5.32 Å². The van der Waals surface area contributed by atoms with Crippen molar-refractivity contribution in [2.75, 3.05) is 6.54 Å². The molecule has 0 aromatic heterocycles. The van der Waals surface area contributed by atoms with Gasteiger partial charge in [-0.15, -0.1) is 0 Å². The van der Waals surface area contributed by atoms with Crippen LogP contribution in [0.5, 0.6) is 0 Å². The summed E-state index contributed by atoms with van der Waals surface area (Å²) in [5.41, 5.74) is 0. The van der Waals surface area contributed by atoms with Gasteiger partial charge in [0.25, 0.3) is 0 Å². The SMILES string of the molecule is [2H]O[C@H]1CN[C@H](C(=O)OC(=O)C=C)C1. The van der Waals surface area contributed by atoms with E-state index in [1.54, 1.807) is 0 Å². The van der Waals surface area contributed by atoms with Gasteiger partial charge in [-0.25, -0.2) is 9.59 Å². The van der Waals surface area contributed by atoms with Crippen LogP contribution in [0.1, 0.15) is 6.42 Å². The van der Waals surface area contributed by atoms with E-state index in [2.05, 4.69) is 21.7 Å². The van der Waals surface area contributed by atoms with E-state index in [0.717, 1.165) is 6.08 Å². The van der Waals surface area contributed by atoms with Crippen LogP contribution in [0.4, 0.5) is 0 Å². The number of nitrogens with one attached hydrogen (secondary N) is 1. The molecule has 1 aliphatic rings. The largest absolute Gasteiger partial charge is 0.392 e. The molecule has 2 atom stereocenters. The molecule has 2 N–H and O–H groups in total. The van der Waals surface area contributed by atoms with Crippen molar-refractivity contribution in [3.05, 3.63) is 12.7 Å². The molecule has 0 saturated carbocycles. The summed E-state index contributed by atoms with van der Waals surface area (Å²) in [6.07, 6.45) is 0.935. The Hall–Kier alpha value is -1.20. The molecular formula is C8H11NO4. The lowest BCUT2D eigenvalue weighted by atomic mass is 10.2. The van der Waals surface area contributed by atoms with E-state index in [0.29, 0.717) is 13.0 Å². The fraction of sp³-hybridized carbons (Fsp3) is 0.500. The maximum absolute atomic E-state index is 11.2. The average Bonchev–Trinajstić information content (AvgIpc) is 2.65. The Balaban J connectivity index is 2.39. The number of aliphatic hydroxyl groups excluding tert-OH is 1. The highest BCUT2D eigenvalue weighted by Crippen LogP contribution is 2.07. The van der Waals surface area contributed by atoms with Gasteiger partial charge >= 0.3 is 11.9 Å². The third-order valence-electron chi connectivity index (χ3n) is 1.74. The van der Waals surface area contributed by atoms with Crippen LogP contribution < -0.4 is 5.32 Å². The number of aliphatic hydroxyl groups is 1. The van der Waals surface area contributed by atoms with Crippen molar-refractivity contribution in [3.8, 4) is 0 Å². The van der Waals surface area contributed by atoms with Gasteiger partial charge in [-0.3, -0.25) is 0 Å². The molecule has 0 aromatic rings. The van der Waals surface area contributed by atoms with E-state index in [9.17, 15) is 9.59 Å². The number of carbonyl (C=O) groups excluding carboxylic acids is 2. The summed E-state index contributed by atoms with van der Waals surface area (Å²) in [6, 6.07) is -0.575. The zero-order valence-corrected chi connectivity index (χ0v) is 6.99. The van der Waals surface area contributed by atoms with Gasteiger partial charge in [0.05, 0.1) is 6.10 Å². The molecule has 72 valence electrons. The minimum atomic E-state index is -0.771. The number of β-amino-alcohol motifs (C(OH)–C–C–N with tert-alkyl or cyclic N) is 1. The third kappa shape index (κ3) is 2.64. The van der Waals surface area contributed by atoms with Gasteiger partial charge in [0.1, 0.15) is 6.04 Å². The van der Waals surface area contributed by atoms with Crippen molar-refractivity contribution in [3.63, 3.8) is 0 Å². The highest BCUT2D eigenvalue weighted by Gasteiger charge is 2.30. The van der Waals surface area contributed by atoms with Crippen LogP contribution in [0.25, 0.3) is 0 Å². The van der Waals surface area contributed by atoms with Crippen LogP contribution >= 0.6 is 0 Å². The minimum Gasteiger partial charge on any atom is -0.392 e. The molecule has 5 nitrogen and oxygen atoms in total. The quantitative estimate of drug-likeness (QED) is 0.334. The summed E-state index contributed by atoms with van der Waals surface area (Å²) in [4.78, 5) is 21.9. The Bertz CT molecular complexity index is 256. The lowest BCUT2D eigenvalue weighted by Crippen LogP contribution is -2.33. The number of ether oxygens (including phenoxy) is 1. The number of esters is 2. The topological polar surface area (TPSA) is 75.6 Å². The van der Waals surface area contributed by atoms with E-state index >= 15 is 0 Å². The summed E-state index contributed by atoms with van der Waals surface area (Å²) < 4.78 is 11.0. The zero-order valence-electron chi connectivity index (χ0n) is 7.99. The zero-order chi connectivity index (χ0) is 10.6. The van der Waals surface area contributed by atoms with E-state index < -0.39 is 18.0 Å². The predicted molar refractivity (Wildman–Crippen MR) is 43.7 cm³/mol. The molecule has 1 aliphatic heterocycles. The van der Waals surface area contributed by atoms with Crippen LogP contribution in [0.2, 0.25) is 0 Å². The van der Waals surface area contributed by atoms with Gasteiger partial charge in [0.2, 0.25) is 1.43 Å². The van der Waals surface area contributed by atoms with Crippen LogP contribution in [-0.2, 0) is 14.3 Å². The molecule has 1 heterocycles. The molecule has 5 heteroatoms. The van der Waals surface area contributed by atoms with Crippen molar-refractivity contribution in [1.29, 1.82) is 1.43 Å². The number of rotatable bonds is 3. The number of hydrogen-bond donors (Lipinski definition) is 2. The third-order valence-corrected chi connectivity index (χ3v) is 1.74. The monoisotopic (exact) mass is 186 g/mol. The Morgan fingerprint density at radius 1 is 1.77 bits per heavy atom. The highest BCUT2D eigenvalue weighted by molar-refractivity contribution is 5.93. The summed E-state index contributed by atoms with van der Waals surface area (Å²) in [7, 11) is 0. The average molecular weight is 186 g/mol. The molecule has 1 rings (SSSR count). The minimum absolute atomic E-state index is 0.327. The first-order valence-corrected chi connectivity index (χ1v) is 3.90. The van der Waals surface area contributed by atoms with E-state index in [1.165, 1.54) is 0 Å². The standard InChI is InChI=1S/C8H11NO4/c1-2-7(11)13-8(12)6-3-5(10)4-9-6/h2,5-6,9-10H,1,3-4H2/t5-,6+/m1/s1/i10D. The van der Waals surface area contributed by atoms with Gasteiger partial charge in [0.15, 0.2) is 0 Å². The predicted octanol–water partition coefficient (Wildman–Crippen LogP) is -1.03. The first kappa shape index (κ1) is 8.40. The van der Waals surface area contributed by atoms with Crippen LogP contribution in [0.15, 0.2) is 12.7 Å². The van der Waals surface area contributed by atoms with Gasteiger partial charge < -0.3 is 15.2 Å². The Morgan fingerprint density at radius 3 is 3.08 bits per heavy atom. The Labute approximate surface area is 76.9 Å². The second-order valence-electron chi connectivity index (χ2n) is 2.76. The van der Waals surface area contributed by atoms with Crippen molar-refractivity contribution in [2.45, 2.75) is 18.6 Å².